The van der Waals surface area contributed by atoms with E-state index in [1.807, 2.05) is 12.1 Å². The van der Waals surface area contributed by atoms with Gasteiger partial charge in [0, 0.05) is 12.1 Å². The summed E-state index contributed by atoms with van der Waals surface area (Å²) >= 11 is 0. The van der Waals surface area contributed by atoms with E-state index >= 15 is 0 Å². The lowest BCUT2D eigenvalue weighted by molar-refractivity contribution is -0.125. The summed E-state index contributed by atoms with van der Waals surface area (Å²) < 4.78 is 18.2. The lowest BCUT2D eigenvalue weighted by atomic mass is 10.2. The molecule has 1 fully saturated rings. The van der Waals surface area contributed by atoms with Crippen LogP contribution in [-0.4, -0.2) is 44.0 Å². The molecule has 7 nitrogen and oxygen atoms in total. The first-order valence-corrected chi connectivity index (χ1v) is 8.77. The van der Waals surface area contributed by atoms with Crippen molar-refractivity contribution < 1.29 is 23.5 Å². The zero-order chi connectivity index (χ0) is 20.1. The highest BCUT2D eigenvalue weighted by atomic mass is 19.1. The third-order valence-corrected chi connectivity index (χ3v) is 4.43. The predicted molar refractivity (Wildman–Crippen MR) is 101 cm³/mol. The summed E-state index contributed by atoms with van der Waals surface area (Å²) in [5, 5.41) is 5.09. The van der Waals surface area contributed by atoms with Crippen LogP contribution in [0.25, 0.3) is 0 Å². The third-order valence-electron chi connectivity index (χ3n) is 4.43. The average Bonchev–Trinajstić information content (AvgIpc) is 3.06. The number of rotatable bonds is 6. The molecule has 146 valence electrons. The Bertz CT molecular complexity index is 885. The molecule has 1 atom stereocenters. The number of hydrogen-bond donors (Lipinski definition) is 2. The number of hydrogen-bond acceptors (Lipinski definition) is 4. The van der Waals surface area contributed by atoms with E-state index in [1.54, 1.807) is 17.0 Å². The van der Waals surface area contributed by atoms with Gasteiger partial charge in [-0.1, -0.05) is 12.1 Å². The van der Waals surface area contributed by atoms with E-state index in [4.69, 9.17) is 4.74 Å². The molecule has 0 saturated carbocycles. The topological polar surface area (TPSA) is 87.7 Å². The van der Waals surface area contributed by atoms with Crippen LogP contribution < -0.4 is 20.3 Å². The number of benzene rings is 2. The second-order valence-corrected chi connectivity index (χ2v) is 6.26. The molecule has 1 unspecified atom stereocenters. The fourth-order valence-corrected chi connectivity index (χ4v) is 3.02. The number of halogens is 1. The van der Waals surface area contributed by atoms with Gasteiger partial charge in [0.2, 0.25) is 11.8 Å². The van der Waals surface area contributed by atoms with Crippen LogP contribution in [0.1, 0.15) is 16.8 Å². The molecule has 0 aliphatic carbocycles. The van der Waals surface area contributed by atoms with Gasteiger partial charge in [-0.15, -0.1) is 0 Å². The summed E-state index contributed by atoms with van der Waals surface area (Å²) in [7, 11) is 1.53. The van der Waals surface area contributed by atoms with Gasteiger partial charge < -0.3 is 20.3 Å². The molecular weight excluding hydrogens is 365 g/mol. The minimum Gasteiger partial charge on any atom is -0.495 e. The number of nitrogens with zero attached hydrogens (tertiary/aromatic N) is 1. The molecule has 1 aliphatic rings. The van der Waals surface area contributed by atoms with Gasteiger partial charge in [0.05, 0.1) is 19.3 Å². The van der Waals surface area contributed by atoms with Crippen LogP contribution in [0.2, 0.25) is 0 Å². The maximum Gasteiger partial charge on any atom is 0.251 e. The van der Waals surface area contributed by atoms with Crippen molar-refractivity contribution in [3.05, 3.63) is 59.9 Å². The zero-order valence-electron chi connectivity index (χ0n) is 15.3. The zero-order valence-corrected chi connectivity index (χ0v) is 15.3. The Labute approximate surface area is 161 Å². The molecule has 0 aromatic heterocycles. The highest BCUT2D eigenvalue weighted by molar-refractivity contribution is 6.03. The van der Waals surface area contributed by atoms with E-state index in [0.29, 0.717) is 24.4 Å². The quantitative estimate of drug-likeness (QED) is 0.789. The van der Waals surface area contributed by atoms with Gasteiger partial charge in [0.1, 0.15) is 17.6 Å². The first-order chi connectivity index (χ1) is 13.5. The van der Waals surface area contributed by atoms with Crippen LogP contribution in [-0.2, 0) is 9.59 Å². The number of methoxy groups -OCH3 is 1. The first kappa shape index (κ1) is 19.3. The van der Waals surface area contributed by atoms with Gasteiger partial charge >= 0.3 is 0 Å². The summed E-state index contributed by atoms with van der Waals surface area (Å²) in [6, 6.07) is 11.5. The number of carbonyl (C=O) groups excluding carboxylic acids is 3. The van der Waals surface area contributed by atoms with E-state index in [1.165, 1.54) is 31.4 Å². The van der Waals surface area contributed by atoms with Crippen LogP contribution in [0, 0.1) is 5.82 Å². The van der Waals surface area contributed by atoms with Crippen molar-refractivity contribution in [3.8, 4) is 5.75 Å². The molecule has 3 amide bonds. The van der Waals surface area contributed by atoms with Gasteiger partial charge in [0.25, 0.3) is 5.91 Å². The van der Waals surface area contributed by atoms with Gasteiger partial charge in [-0.05, 0) is 42.8 Å². The van der Waals surface area contributed by atoms with Gasteiger partial charge in [-0.3, -0.25) is 14.4 Å². The minimum absolute atomic E-state index is 0.234. The largest absolute Gasteiger partial charge is 0.495 e. The minimum atomic E-state index is -0.667. The van der Waals surface area contributed by atoms with E-state index in [-0.39, 0.29) is 18.0 Å². The maximum atomic E-state index is 12.9. The smallest absolute Gasteiger partial charge is 0.251 e. The fraction of sp³-hybridized carbons (Fsp3) is 0.250. The van der Waals surface area contributed by atoms with E-state index in [0.717, 1.165) is 0 Å². The van der Waals surface area contributed by atoms with Crippen molar-refractivity contribution in [3.63, 3.8) is 0 Å². The summed E-state index contributed by atoms with van der Waals surface area (Å²) in [4.78, 5) is 38.3. The highest BCUT2D eigenvalue weighted by Gasteiger charge is 2.34. The molecule has 0 spiro atoms. The molecule has 2 N–H and O–H groups in total. The summed E-state index contributed by atoms with van der Waals surface area (Å²) in [5.74, 6) is -1.08. The third kappa shape index (κ3) is 4.28. The van der Waals surface area contributed by atoms with Gasteiger partial charge in [0.15, 0.2) is 0 Å². The highest BCUT2D eigenvalue weighted by Crippen LogP contribution is 2.30. The summed E-state index contributed by atoms with van der Waals surface area (Å²) in [6.07, 6.45) is 0.453. The predicted octanol–water partition coefficient (Wildman–Crippen LogP) is 1.49. The van der Waals surface area contributed by atoms with Crippen molar-refractivity contribution in [2.45, 2.75) is 12.5 Å². The number of carbonyl (C=O) groups is 3. The number of amides is 3. The number of ether oxygens (including phenoxy) is 1. The molecule has 1 saturated heterocycles. The van der Waals surface area contributed by atoms with Gasteiger partial charge in [-0.25, -0.2) is 4.39 Å². The monoisotopic (exact) mass is 385 g/mol. The Morgan fingerprint density at radius 3 is 2.61 bits per heavy atom. The Hall–Kier alpha value is -3.42. The average molecular weight is 385 g/mol. The lowest BCUT2D eigenvalue weighted by Gasteiger charge is -2.19. The second-order valence-electron chi connectivity index (χ2n) is 6.26. The number of anilines is 1. The molecular formula is C20H20FN3O4. The Morgan fingerprint density at radius 1 is 1.18 bits per heavy atom. The van der Waals surface area contributed by atoms with Crippen molar-refractivity contribution in [1.82, 2.24) is 10.6 Å². The molecule has 2 aromatic carbocycles. The van der Waals surface area contributed by atoms with E-state index in [9.17, 15) is 18.8 Å². The van der Waals surface area contributed by atoms with Crippen LogP contribution in [0.3, 0.4) is 0 Å². The van der Waals surface area contributed by atoms with Crippen LogP contribution >= 0.6 is 0 Å². The first-order valence-electron chi connectivity index (χ1n) is 8.77. The Kier molecular flexibility index (Phi) is 5.88. The molecule has 8 heteroatoms. The second kappa shape index (κ2) is 8.51. The number of nitrogens with one attached hydrogen (secondary N) is 2. The fourth-order valence-electron chi connectivity index (χ4n) is 3.02. The molecule has 0 bridgehead atoms. The maximum absolute atomic E-state index is 12.9. The Balaban J connectivity index is 1.54. The lowest BCUT2D eigenvalue weighted by Crippen LogP contribution is -2.45. The van der Waals surface area contributed by atoms with Gasteiger partial charge in [-0.2, -0.15) is 0 Å². The number of para-hydroxylation sites is 2. The summed E-state index contributed by atoms with van der Waals surface area (Å²) in [6.45, 7) is 0.167. The molecule has 0 radical (unpaired) electrons. The van der Waals surface area contributed by atoms with Crippen molar-refractivity contribution in [1.29, 1.82) is 0 Å². The standard InChI is InChI=1S/C20H20FN3O4/c1-28-17-5-3-2-4-16(17)24-11-10-15(20(24)27)23-18(25)12-22-19(26)13-6-8-14(21)9-7-13/h2-9,15H,10-12H2,1H3,(H,22,26)(H,23,25). The van der Waals surface area contributed by atoms with Crippen molar-refractivity contribution in [2.75, 3.05) is 25.1 Å². The normalized spacial score (nSPS) is 16.0. The Morgan fingerprint density at radius 2 is 1.89 bits per heavy atom. The van der Waals surface area contributed by atoms with Crippen molar-refractivity contribution >= 4 is 23.4 Å². The van der Waals surface area contributed by atoms with E-state index < -0.39 is 23.7 Å². The van der Waals surface area contributed by atoms with E-state index in [2.05, 4.69) is 10.6 Å². The molecule has 1 aliphatic heterocycles. The van der Waals surface area contributed by atoms with Crippen molar-refractivity contribution in [2.24, 2.45) is 0 Å². The molecule has 2 aromatic rings. The molecule has 3 rings (SSSR count). The summed E-state index contributed by atoms with van der Waals surface area (Å²) in [5.41, 5.74) is 0.893. The van der Waals surface area contributed by atoms with Crippen LogP contribution in [0.15, 0.2) is 48.5 Å². The SMILES string of the molecule is COc1ccccc1N1CCC(NC(=O)CNC(=O)c2ccc(F)cc2)C1=O. The van der Waals surface area contributed by atoms with Crippen LogP contribution in [0.5, 0.6) is 5.75 Å². The molecule has 1 heterocycles. The van der Waals surface area contributed by atoms with Crippen LogP contribution in [0.4, 0.5) is 10.1 Å². The molecule has 28 heavy (non-hydrogen) atoms.